The molecule has 0 unspecified atom stereocenters. The van der Waals surface area contributed by atoms with Gasteiger partial charge in [-0.3, -0.25) is 10.1 Å². The van der Waals surface area contributed by atoms with Crippen LogP contribution >= 0.6 is 0 Å². The Balaban J connectivity index is 2.41. The first kappa shape index (κ1) is 15.9. The van der Waals surface area contributed by atoms with E-state index in [-0.39, 0.29) is 18.3 Å². The fourth-order valence-electron chi connectivity index (χ4n) is 1.90. The molecule has 0 radical (unpaired) electrons. The topological polar surface area (TPSA) is 104 Å². The van der Waals surface area contributed by atoms with Crippen LogP contribution in [-0.4, -0.2) is 33.6 Å². The molecule has 0 saturated carbocycles. The Labute approximate surface area is 117 Å². The van der Waals surface area contributed by atoms with Gasteiger partial charge in [0.2, 0.25) is 5.95 Å². The first-order chi connectivity index (χ1) is 9.47. The van der Waals surface area contributed by atoms with Crippen LogP contribution < -0.4 is 10.6 Å². The van der Waals surface area contributed by atoms with Crippen molar-refractivity contribution in [3.63, 3.8) is 0 Å². The number of amides is 2. The van der Waals surface area contributed by atoms with Gasteiger partial charge in [-0.1, -0.05) is 13.8 Å². The number of anilines is 1. The fourth-order valence-corrected chi connectivity index (χ4v) is 1.90. The average molecular weight is 280 g/mol. The normalized spacial score (nSPS) is 11.9. The summed E-state index contributed by atoms with van der Waals surface area (Å²) in [5.41, 5.74) is 0. The Kier molecular flexibility index (Phi) is 6.42. The van der Waals surface area contributed by atoms with Crippen LogP contribution in [0.3, 0.4) is 0 Å². The molecule has 1 atom stereocenters. The number of hydrogen-bond donors (Lipinski definition) is 3. The molecule has 1 rings (SSSR count). The molecule has 0 saturated heterocycles. The molecular formula is C13H20N4O3. The Bertz CT molecular complexity index is 437. The maximum Gasteiger partial charge on any atom is 0.321 e. The maximum absolute atomic E-state index is 11.6. The van der Waals surface area contributed by atoms with Gasteiger partial charge in [0, 0.05) is 25.4 Å². The lowest BCUT2D eigenvalue weighted by Crippen LogP contribution is -2.34. The summed E-state index contributed by atoms with van der Waals surface area (Å²) in [5, 5.41) is 14.0. The van der Waals surface area contributed by atoms with Crippen molar-refractivity contribution in [1.82, 2.24) is 15.3 Å². The molecule has 110 valence electrons. The van der Waals surface area contributed by atoms with Crippen LogP contribution in [0.1, 0.15) is 26.7 Å². The van der Waals surface area contributed by atoms with Crippen LogP contribution in [0, 0.1) is 11.8 Å². The largest absolute Gasteiger partial charge is 0.481 e. The summed E-state index contributed by atoms with van der Waals surface area (Å²) in [4.78, 5) is 30.1. The van der Waals surface area contributed by atoms with Crippen LogP contribution in [0.2, 0.25) is 0 Å². The molecule has 0 spiro atoms. The van der Waals surface area contributed by atoms with Crippen molar-refractivity contribution in [1.29, 1.82) is 0 Å². The quantitative estimate of drug-likeness (QED) is 0.705. The van der Waals surface area contributed by atoms with Crippen molar-refractivity contribution < 1.29 is 14.7 Å². The number of hydrogen-bond acceptors (Lipinski definition) is 4. The van der Waals surface area contributed by atoms with Crippen molar-refractivity contribution in [2.75, 3.05) is 11.9 Å². The van der Waals surface area contributed by atoms with Crippen molar-refractivity contribution in [2.45, 2.75) is 26.7 Å². The molecule has 1 aromatic heterocycles. The third-order valence-electron chi connectivity index (χ3n) is 2.61. The smallest absolute Gasteiger partial charge is 0.321 e. The van der Waals surface area contributed by atoms with Crippen molar-refractivity contribution in [3.8, 4) is 0 Å². The lowest BCUT2D eigenvalue weighted by atomic mass is 9.94. The van der Waals surface area contributed by atoms with Gasteiger partial charge in [0.15, 0.2) is 0 Å². The summed E-state index contributed by atoms with van der Waals surface area (Å²) < 4.78 is 0. The highest BCUT2D eigenvalue weighted by molar-refractivity contribution is 5.87. The highest BCUT2D eigenvalue weighted by Gasteiger charge is 2.16. The third-order valence-corrected chi connectivity index (χ3v) is 2.61. The molecule has 7 heteroatoms. The van der Waals surface area contributed by atoms with Gasteiger partial charge in [0.05, 0.1) is 0 Å². The Morgan fingerprint density at radius 1 is 1.30 bits per heavy atom. The number of aliphatic carboxylic acids is 1. The number of rotatable bonds is 7. The van der Waals surface area contributed by atoms with Crippen molar-refractivity contribution in [3.05, 3.63) is 18.5 Å². The van der Waals surface area contributed by atoms with E-state index in [2.05, 4.69) is 20.6 Å². The van der Waals surface area contributed by atoms with Crippen LogP contribution in [0.5, 0.6) is 0 Å². The molecule has 0 aliphatic rings. The van der Waals surface area contributed by atoms with E-state index in [1.165, 1.54) is 12.4 Å². The summed E-state index contributed by atoms with van der Waals surface area (Å²) in [6.45, 7) is 4.35. The monoisotopic (exact) mass is 280 g/mol. The fraction of sp³-hybridized carbons (Fsp3) is 0.538. The lowest BCUT2D eigenvalue weighted by molar-refractivity contribution is -0.138. The second-order valence-electron chi connectivity index (χ2n) is 5.00. The van der Waals surface area contributed by atoms with Crippen LogP contribution in [-0.2, 0) is 4.79 Å². The molecule has 2 amide bonds. The summed E-state index contributed by atoms with van der Waals surface area (Å²) in [6, 6.07) is 1.21. The highest BCUT2D eigenvalue weighted by atomic mass is 16.4. The van der Waals surface area contributed by atoms with Crippen molar-refractivity contribution in [2.24, 2.45) is 11.8 Å². The van der Waals surface area contributed by atoms with E-state index < -0.39 is 12.0 Å². The van der Waals surface area contributed by atoms with Gasteiger partial charge in [0.25, 0.3) is 0 Å². The maximum atomic E-state index is 11.6. The second kappa shape index (κ2) is 8.08. The van der Waals surface area contributed by atoms with E-state index in [0.717, 1.165) is 6.42 Å². The minimum absolute atomic E-state index is 0.0420. The average Bonchev–Trinajstić information content (AvgIpc) is 2.36. The molecule has 0 aromatic carbocycles. The molecule has 0 aliphatic carbocycles. The predicted molar refractivity (Wildman–Crippen MR) is 74.3 cm³/mol. The predicted octanol–water partition coefficient (Wildman–Crippen LogP) is 1.74. The number of nitrogens with zero attached hydrogens (tertiary/aromatic N) is 2. The number of carboxylic acids is 1. The summed E-state index contributed by atoms with van der Waals surface area (Å²) in [5.74, 6) is -0.357. The lowest BCUT2D eigenvalue weighted by Gasteiger charge is -2.17. The molecule has 7 nitrogen and oxygen atoms in total. The van der Waals surface area contributed by atoms with Gasteiger partial charge in [0.1, 0.15) is 0 Å². The minimum Gasteiger partial charge on any atom is -0.481 e. The molecule has 20 heavy (non-hydrogen) atoms. The Morgan fingerprint density at radius 2 is 1.95 bits per heavy atom. The highest BCUT2D eigenvalue weighted by Crippen LogP contribution is 2.14. The van der Waals surface area contributed by atoms with E-state index in [1.54, 1.807) is 6.07 Å². The van der Waals surface area contributed by atoms with Gasteiger partial charge in [-0.15, -0.1) is 0 Å². The van der Waals surface area contributed by atoms with Crippen molar-refractivity contribution >= 4 is 17.9 Å². The molecule has 0 bridgehead atoms. The minimum atomic E-state index is -0.857. The molecular weight excluding hydrogens is 260 g/mol. The standard InChI is InChI=1S/C13H20N4O3/c1-9(2)6-10(7-11(18)19)8-16-13(20)17-12-14-4-3-5-15-12/h3-5,9-10H,6-8H2,1-2H3,(H,18,19)(H2,14,15,16,17,20)/t10-/m0/s1. The van der Waals surface area contributed by atoms with E-state index in [0.29, 0.717) is 12.5 Å². The first-order valence-electron chi connectivity index (χ1n) is 6.51. The zero-order valence-electron chi connectivity index (χ0n) is 11.7. The molecule has 3 N–H and O–H groups in total. The van der Waals surface area contributed by atoms with Gasteiger partial charge in [-0.2, -0.15) is 0 Å². The zero-order chi connectivity index (χ0) is 15.0. The SMILES string of the molecule is CC(C)C[C@H](CNC(=O)Nc1ncccn1)CC(=O)O. The summed E-state index contributed by atoms with van der Waals surface area (Å²) in [6.07, 6.45) is 3.83. The number of nitrogens with one attached hydrogen (secondary N) is 2. The molecule has 1 heterocycles. The number of aromatic nitrogens is 2. The van der Waals surface area contributed by atoms with Gasteiger partial charge in [-0.25, -0.2) is 14.8 Å². The van der Waals surface area contributed by atoms with E-state index >= 15 is 0 Å². The van der Waals surface area contributed by atoms with Crippen LogP contribution in [0.4, 0.5) is 10.7 Å². The molecule has 1 aromatic rings. The summed E-state index contributed by atoms with van der Waals surface area (Å²) >= 11 is 0. The first-order valence-corrected chi connectivity index (χ1v) is 6.51. The van der Waals surface area contributed by atoms with E-state index in [1.807, 2.05) is 13.8 Å². The Morgan fingerprint density at radius 3 is 2.50 bits per heavy atom. The summed E-state index contributed by atoms with van der Waals surface area (Å²) in [7, 11) is 0. The van der Waals surface area contributed by atoms with Gasteiger partial charge in [-0.05, 0) is 24.3 Å². The van der Waals surface area contributed by atoms with Crippen LogP contribution in [0.15, 0.2) is 18.5 Å². The second-order valence-corrected chi connectivity index (χ2v) is 5.00. The zero-order valence-corrected chi connectivity index (χ0v) is 11.7. The number of carbonyl (C=O) groups excluding carboxylic acids is 1. The number of urea groups is 1. The van der Waals surface area contributed by atoms with E-state index in [9.17, 15) is 9.59 Å². The number of carboxylic acid groups (broad SMARTS) is 1. The van der Waals surface area contributed by atoms with Gasteiger partial charge < -0.3 is 10.4 Å². The third kappa shape index (κ3) is 6.67. The molecule has 0 fully saturated rings. The van der Waals surface area contributed by atoms with E-state index in [4.69, 9.17) is 5.11 Å². The van der Waals surface area contributed by atoms with Gasteiger partial charge >= 0.3 is 12.0 Å². The number of carbonyl (C=O) groups is 2. The van der Waals surface area contributed by atoms with Crippen LogP contribution in [0.25, 0.3) is 0 Å². The Hall–Kier alpha value is -2.18. The molecule has 0 aliphatic heterocycles.